The van der Waals surface area contributed by atoms with E-state index in [9.17, 15) is 14.4 Å². The molecule has 3 heterocycles. The van der Waals surface area contributed by atoms with Crippen molar-refractivity contribution in [3.05, 3.63) is 45.2 Å². The third kappa shape index (κ3) is 2.54. The van der Waals surface area contributed by atoms with E-state index >= 15 is 0 Å². The third-order valence-corrected chi connectivity index (χ3v) is 5.97. The van der Waals surface area contributed by atoms with Gasteiger partial charge >= 0.3 is 0 Å². The molecule has 3 aromatic rings. The minimum Gasteiger partial charge on any atom is -0.439 e. The van der Waals surface area contributed by atoms with Gasteiger partial charge in [-0.25, -0.2) is 0 Å². The highest BCUT2D eigenvalue weighted by atomic mass is 32.1. The highest BCUT2D eigenvalue weighted by Crippen LogP contribution is 2.44. The van der Waals surface area contributed by atoms with E-state index in [2.05, 4.69) is 10.3 Å². The summed E-state index contributed by atoms with van der Waals surface area (Å²) in [5.74, 6) is 0.107. The fourth-order valence-corrected chi connectivity index (χ4v) is 4.47. The Bertz CT molecular complexity index is 1230. The molecule has 1 saturated heterocycles. The predicted molar refractivity (Wildman–Crippen MR) is 107 cm³/mol. The molecule has 2 N–H and O–H groups in total. The molecule has 0 saturated carbocycles. The average Bonchev–Trinajstić information content (AvgIpc) is 3.20. The Hall–Kier alpha value is -3.04. The van der Waals surface area contributed by atoms with Crippen LogP contribution in [0.25, 0.3) is 10.8 Å². The maximum atomic E-state index is 13.1. The van der Waals surface area contributed by atoms with E-state index in [1.165, 1.54) is 16.2 Å². The second-order valence-electron chi connectivity index (χ2n) is 6.57. The summed E-state index contributed by atoms with van der Waals surface area (Å²) in [6.07, 6.45) is 0.508. The number of piperidine rings is 1. The molecule has 1 fully saturated rings. The first-order chi connectivity index (χ1) is 13.5. The summed E-state index contributed by atoms with van der Waals surface area (Å²) in [7, 11) is 0. The van der Waals surface area contributed by atoms with E-state index in [0.717, 1.165) is 10.8 Å². The maximum absolute atomic E-state index is 13.1. The third-order valence-electron chi connectivity index (χ3n) is 4.93. The number of nitrogens with one attached hydrogen (secondary N) is 2. The van der Waals surface area contributed by atoms with E-state index < -0.39 is 11.9 Å². The van der Waals surface area contributed by atoms with Crippen molar-refractivity contribution in [3.63, 3.8) is 0 Å². The number of carbonyl (C=O) groups excluding carboxylic acids is 3. The Morgan fingerprint density at radius 2 is 2.04 bits per heavy atom. The minimum absolute atomic E-state index is 0.207. The Morgan fingerprint density at radius 3 is 2.79 bits per heavy atom. The number of amides is 3. The van der Waals surface area contributed by atoms with Gasteiger partial charge in [0.2, 0.25) is 17.7 Å². The maximum Gasteiger partial charge on any atom is 0.259 e. The summed E-state index contributed by atoms with van der Waals surface area (Å²) in [5.41, 5.74) is 1.16. The number of anilines is 1. The number of hydrogen-bond acceptors (Lipinski definition) is 6. The second kappa shape index (κ2) is 6.25. The van der Waals surface area contributed by atoms with E-state index in [1.54, 1.807) is 29.6 Å². The smallest absolute Gasteiger partial charge is 0.259 e. The Balaban J connectivity index is 1.61. The molecular formula is C19H13N3O4S2. The molecule has 0 bridgehead atoms. The molecule has 1 atom stereocenters. The van der Waals surface area contributed by atoms with Crippen LogP contribution in [0.1, 0.15) is 23.2 Å². The first kappa shape index (κ1) is 17.1. The molecular weight excluding hydrogens is 398 g/mol. The van der Waals surface area contributed by atoms with Crippen molar-refractivity contribution in [2.75, 3.05) is 4.90 Å². The summed E-state index contributed by atoms with van der Waals surface area (Å²) in [4.78, 5) is 41.4. The second-order valence-corrected chi connectivity index (χ2v) is 8.11. The standard InChI is InChI=1S/C19H13N3O4S2/c23-14-7-5-12(17(24)20-14)22-11-4-6-13(26-15-8-28-19(27)21-15)9-2-1-3-10(16(9)11)18(22)25/h1-4,6,8,12H,5,7H2,(H,21,27)(H,20,23,24). The lowest BCUT2D eigenvalue weighted by Gasteiger charge is -2.30. The van der Waals surface area contributed by atoms with E-state index in [-0.39, 0.29) is 18.2 Å². The number of thiazole rings is 1. The normalized spacial score (nSPS) is 18.6. The van der Waals surface area contributed by atoms with Crippen LogP contribution in [0, 0.1) is 3.95 Å². The van der Waals surface area contributed by atoms with Gasteiger partial charge in [0, 0.05) is 22.8 Å². The lowest BCUT2D eigenvalue weighted by Crippen LogP contribution is -2.53. The molecule has 2 aliphatic rings. The fraction of sp³-hybridized carbons (Fsp3) is 0.158. The highest BCUT2D eigenvalue weighted by Gasteiger charge is 2.40. The summed E-state index contributed by atoms with van der Waals surface area (Å²) < 4.78 is 6.55. The molecule has 28 heavy (non-hydrogen) atoms. The highest BCUT2D eigenvalue weighted by molar-refractivity contribution is 7.73. The number of H-pyrrole nitrogens is 1. The number of benzene rings is 2. The summed E-state index contributed by atoms with van der Waals surface area (Å²) in [5, 5.41) is 5.61. The molecule has 2 aromatic carbocycles. The number of imide groups is 1. The van der Waals surface area contributed by atoms with Crippen molar-refractivity contribution >= 4 is 57.7 Å². The Kier molecular flexibility index (Phi) is 3.81. The molecule has 1 unspecified atom stereocenters. The average molecular weight is 411 g/mol. The summed E-state index contributed by atoms with van der Waals surface area (Å²) >= 11 is 6.46. The number of carbonyl (C=O) groups is 3. The van der Waals surface area contributed by atoms with Crippen molar-refractivity contribution in [1.29, 1.82) is 0 Å². The SMILES string of the molecule is O=C1CCC(N2C(=O)c3cccc4c(Oc5csc(=S)[nH]5)ccc2c34)C(=O)N1. The van der Waals surface area contributed by atoms with Gasteiger partial charge in [0.25, 0.3) is 5.91 Å². The molecule has 2 aliphatic heterocycles. The van der Waals surface area contributed by atoms with Gasteiger partial charge in [-0.1, -0.05) is 12.1 Å². The van der Waals surface area contributed by atoms with Crippen LogP contribution in [-0.2, 0) is 9.59 Å². The first-order valence-corrected chi connectivity index (χ1v) is 9.90. The van der Waals surface area contributed by atoms with Crippen LogP contribution in [0.2, 0.25) is 0 Å². The van der Waals surface area contributed by atoms with Crippen LogP contribution in [-0.4, -0.2) is 28.7 Å². The Morgan fingerprint density at radius 1 is 1.18 bits per heavy atom. The molecule has 9 heteroatoms. The lowest BCUT2D eigenvalue weighted by molar-refractivity contribution is -0.134. The first-order valence-electron chi connectivity index (χ1n) is 8.61. The van der Waals surface area contributed by atoms with Gasteiger partial charge < -0.3 is 9.72 Å². The van der Waals surface area contributed by atoms with E-state index in [1.807, 2.05) is 6.07 Å². The van der Waals surface area contributed by atoms with Crippen molar-refractivity contribution in [2.45, 2.75) is 18.9 Å². The van der Waals surface area contributed by atoms with Gasteiger partial charge in [0.1, 0.15) is 11.8 Å². The van der Waals surface area contributed by atoms with Gasteiger partial charge in [-0.3, -0.25) is 24.6 Å². The lowest BCUT2D eigenvalue weighted by atomic mass is 10.0. The van der Waals surface area contributed by atoms with Crippen molar-refractivity contribution in [3.8, 4) is 11.6 Å². The predicted octanol–water partition coefficient (Wildman–Crippen LogP) is 3.52. The molecule has 0 aliphatic carbocycles. The van der Waals surface area contributed by atoms with Crippen LogP contribution >= 0.6 is 23.6 Å². The number of hydrogen-bond donors (Lipinski definition) is 2. The molecule has 3 amide bonds. The zero-order chi connectivity index (χ0) is 19.4. The number of aromatic nitrogens is 1. The molecule has 7 nitrogen and oxygen atoms in total. The quantitative estimate of drug-likeness (QED) is 0.508. The minimum atomic E-state index is -0.708. The topological polar surface area (TPSA) is 91.5 Å². The molecule has 1 aromatic heterocycles. The molecule has 0 spiro atoms. The van der Waals surface area contributed by atoms with E-state index in [0.29, 0.717) is 33.3 Å². The van der Waals surface area contributed by atoms with Gasteiger partial charge in [0.15, 0.2) is 3.95 Å². The summed E-state index contributed by atoms with van der Waals surface area (Å²) in [6.45, 7) is 0. The van der Waals surface area contributed by atoms with Crippen LogP contribution in [0.3, 0.4) is 0 Å². The number of aromatic amines is 1. The van der Waals surface area contributed by atoms with Crippen molar-refractivity contribution < 1.29 is 19.1 Å². The number of rotatable bonds is 3. The molecule has 0 radical (unpaired) electrons. The van der Waals surface area contributed by atoms with Gasteiger partial charge in [0.05, 0.1) is 11.1 Å². The zero-order valence-corrected chi connectivity index (χ0v) is 16.0. The number of nitrogens with zero attached hydrogens (tertiary/aromatic N) is 1. The zero-order valence-electron chi connectivity index (χ0n) is 14.4. The fourth-order valence-electron chi connectivity index (χ4n) is 3.74. The van der Waals surface area contributed by atoms with Gasteiger partial charge in [-0.05, 0) is 36.8 Å². The van der Waals surface area contributed by atoms with Crippen LogP contribution in [0.15, 0.2) is 35.7 Å². The van der Waals surface area contributed by atoms with Crippen LogP contribution < -0.4 is 15.0 Å². The van der Waals surface area contributed by atoms with Crippen molar-refractivity contribution in [1.82, 2.24) is 10.3 Å². The van der Waals surface area contributed by atoms with Crippen molar-refractivity contribution in [2.24, 2.45) is 0 Å². The van der Waals surface area contributed by atoms with Crippen LogP contribution in [0.4, 0.5) is 5.69 Å². The Labute approximate surface area is 167 Å². The monoisotopic (exact) mass is 411 g/mol. The van der Waals surface area contributed by atoms with Crippen LogP contribution in [0.5, 0.6) is 11.6 Å². The molecule has 5 rings (SSSR count). The van der Waals surface area contributed by atoms with Gasteiger partial charge in [-0.2, -0.15) is 0 Å². The largest absolute Gasteiger partial charge is 0.439 e. The molecule has 140 valence electrons. The van der Waals surface area contributed by atoms with E-state index in [4.69, 9.17) is 17.0 Å². The summed E-state index contributed by atoms with van der Waals surface area (Å²) in [6, 6.07) is 8.24. The number of ether oxygens (including phenoxy) is 1. The van der Waals surface area contributed by atoms with Gasteiger partial charge in [-0.15, -0.1) is 11.3 Å².